The molecule has 0 N–H and O–H groups in total. The Kier molecular flexibility index (Phi) is 5.74. The lowest BCUT2D eigenvalue weighted by molar-refractivity contribution is 0.866. The summed E-state index contributed by atoms with van der Waals surface area (Å²) in [6, 6.07) is 17.5. The number of nitrogens with zero attached hydrogens (tertiary/aromatic N) is 4. The fourth-order valence-corrected chi connectivity index (χ4v) is 3.44. The van der Waals surface area contributed by atoms with Crippen molar-refractivity contribution < 1.29 is 0 Å². The zero-order valence-corrected chi connectivity index (χ0v) is 14.4. The van der Waals surface area contributed by atoms with E-state index >= 15 is 0 Å². The van der Waals surface area contributed by atoms with E-state index in [4.69, 9.17) is 10.5 Å². The Morgan fingerprint density at radius 1 is 0.917 bits per heavy atom. The maximum Gasteiger partial charge on any atom is 0.148 e. The lowest BCUT2D eigenvalue weighted by atomic mass is 10.1. The van der Waals surface area contributed by atoms with Crippen molar-refractivity contribution in [2.45, 2.75) is 13.8 Å². The Hall–Kier alpha value is -3.07. The molecule has 0 radical (unpaired) electrons. The SMILES string of the molecule is CCN(CC)c1ccc(-c2ccc(C(C#N)=C(C#N)C#N)s2)cc1. The van der Waals surface area contributed by atoms with Crippen LogP contribution in [-0.2, 0) is 0 Å². The predicted molar refractivity (Wildman–Crippen MR) is 97.1 cm³/mol. The van der Waals surface area contributed by atoms with Crippen LogP contribution in [0.25, 0.3) is 16.0 Å². The first kappa shape index (κ1) is 17.3. The highest BCUT2D eigenvalue weighted by atomic mass is 32.1. The monoisotopic (exact) mass is 332 g/mol. The zero-order valence-electron chi connectivity index (χ0n) is 13.6. The predicted octanol–water partition coefficient (Wildman–Crippen LogP) is 4.59. The van der Waals surface area contributed by atoms with E-state index < -0.39 is 0 Å². The second-order valence-corrected chi connectivity index (χ2v) is 6.05. The summed E-state index contributed by atoms with van der Waals surface area (Å²) in [5, 5.41) is 27.2. The quantitative estimate of drug-likeness (QED) is 0.751. The van der Waals surface area contributed by atoms with Crippen LogP contribution in [-0.4, -0.2) is 13.1 Å². The molecule has 0 bridgehead atoms. The van der Waals surface area contributed by atoms with E-state index in [9.17, 15) is 5.26 Å². The standard InChI is InChI=1S/C19H16N4S/c1-3-23(4-2)16-7-5-14(6-8-16)18-9-10-19(24-18)17(13-22)15(11-20)12-21/h5-10H,3-4H2,1-2H3. The van der Waals surface area contributed by atoms with Crippen molar-refractivity contribution in [1.29, 1.82) is 15.8 Å². The number of rotatable bonds is 5. The molecule has 1 heterocycles. The minimum absolute atomic E-state index is 0.135. The summed E-state index contributed by atoms with van der Waals surface area (Å²) in [5.41, 5.74) is 2.21. The summed E-state index contributed by atoms with van der Waals surface area (Å²) in [6.45, 7) is 6.17. The first-order valence-electron chi connectivity index (χ1n) is 7.58. The van der Waals surface area contributed by atoms with Gasteiger partial charge in [0.25, 0.3) is 0 Å². The Labute approximate surface area is 146 Å². The highest BCUT2D eigenvalue weighted by molar-refractivity contribution is 7.16. The van der Waals surface area contributed by atoms with Crippen LogP contribution in [0.2, 0.25) is 0 Å². The third-order valence-electron chi connectivity index (χ3n) is 3.72. The van der Waals surface area contributed by atoms with Crippen LogP contribution in [0.15, 0.2) is 42.0 Å². The third kappa shape index (κ3) is 3.46. The van der Waals surface area contributed by atoms with Gasteiger partial charge in [-0.1, -0.05) is 12.1 Å². The molecule has 0 fully saturated rings. The molecule has 1 aromatic carbocycles. The molecule has 5 heteroatoms. The molecule has 4 nitrogen and oxygen atoms in total. The highest BCUT2D eigenvalue weighted by Gasteiger charge is 2.12. The van der Waals surface area contributed by atoms with Crippen LogP contribution < -0.4 is 4.90 Å². The third-order valence-corrected chi connectivity index (χ3v) is 4.87. The minimum atomic E-state index is -0.150. The van der Waals surface area contributed by atoms with Crippen molar-refractivity contribution >= 4 is 22.6 Å². The van der Waals surface area contributed by atoms with Gasteiger partial charge >= 0.3 is 0 Å². The Morgan fingerprint density at radius 2 is 1.54 bits per heavy atom. The largest absolute Gasteiger partial charge is 0.372 e. The lowest BCUT2D eigenvalue weighted by Crippen LogP contribution is -2.21. The number of thiophene rings is 1. The summed E-state index contributed by atoms with van der Waals surface area (Å²) in [5.74, 6) is 0. The summed E-state index contributed by atoms with van der Waals surface area (Å²) in [4.78, 5) is 3.91. The number of anilines is 1. The molecule has 0 saturated carbocycles. The number of allylic oxidation sites excluding steroid dienone is 2. The minimum Gasteiger partial charge on any atom is -0.372 e. The number of hydrogen-bond acceptors (Lipinski definition) is 5. The van der Waals surface area contributed by atoms with Crippen LogP contribution in [0.4, 0.5) is 5.69 Å². The van der Waals surface area contributed by atoms with Gasteiger partial charge in [-0.3, -0.25) is 0 Å². The molecule has 0 saturated heterocycles. The molecule has 0 aliphatic carbocycles. The summed E-state index contributed by atoms with van der Waals surface area (Å²) in [7, 11) is 0. The molecule has 2 rings (SSSR count). The van der Waals surface area contributed by atoms with Gasteiger partial charge in [-0.15, -0.1) is 11.3 Å². The van der Waals surface area contributed by atoms with Gasteiger partial charge in [-0.2, -0.15) is 15.8 Å². The van der Waals surface area contributed by atoms with Crippen LogP contribution in [0.5, 0.6) is 0 Å². The number of benzene rings is 1. The fourth-order valence-electron chi connectivity index (χ4n) is 2.42. The van der Waals surface area contributed by atoms with Crippen molar-refractivity contribution in [3.63, 3.8) is 0 Å². The molecule has 0 spiro atoms. The Balaban J connectivity index is 2.35. The molecular formula is C19H16N4S. The maximum atomic E-state index is 9.23. The first-order chi connectivity index (χ1) is 11.7. The topological polar surface area (TPSA) is 74.6 Å². The summed E-state index contributed by atoms with van der Waals surface area (Å²) < 4.78 is 0. The van der Waals surface area contributed by atoms with Gasteiger partial charge in [-0.25, -0.2) is 0 Å². The van der Waals surface area contributed by atoms with E-state index in [0.717, 1.165) is 23.5 Å². The van der Waals surface area contributed by atoms with Crippen molar-refractivity contribution in [2.24, 2.45) is 0 Å². The van der Waals surface area contributed by atoms with E-state index in [1.807, 2.05) is 12.1 Å². The van der Waals surface area contributed by atoms with Gasteiger partial charge in [0, 0.05) is 28.5 Å². The molecule has 0 amide bonds. The van der Waals surface area contributed by atoms with Crippen LogP contribution in [0.1, 0.15) is 18.7 Å². The van der Waals surface area contributed by atoms with Crippen molar-refractivity contribution in [3.8, 4) is 28.6 Å². The van der Waals surface area contributed by atoms with E-state index in [1.54, 1.807) is 18.2 Å². The average molecular weight is 332 g/mol. The van der Waals surface area contributed by atoms with E-state index in [2.05, 4.69) is 43.0 Å². The van der Waals surface area contributed by atoms with E-state index in [1.165, 1.54) is 17.0 Å². The number of hydrogen-bond donors (Lipinski definition) is 0. The Morgan fingerprint density at radius 3 is 2.04 bits per heavy atom. The molecular weight excluding hydrogens is 316 g/mol. The summed E-state index contributed by atoms with van der Waals surface area (Å²) >= 11 is 1.41. The molecule has 0 atom stereocenters. The normalized spacial score (nSPS) is 9.46. The van der Waals surface area contributed by atoms with Crippen molar-refractivity contribution in [2.75, 3.05) is 18.0 Å². The molecule has 1 aromatic heterocycles. The molecule has 24 heavy (non-hydrogen) atoms. The highest BCUT2D eigenvalue weighted by Crippen LogP contribution is 2.33. The van der Waals surface area contributed by atoms with Crippen LogP contribution in [0, 0.1) is 34.0 Å². The van der Waals surface area contributed by atoms with Gasteiger partial charge in [0.2, 0.25) is 0 Å². The maximum absolute atomic E-state index is 9.23. The fraction of sp³-hybridized carbons (Fsp3) is 0.211. The van der Waals surface area contributed by atoms with E-state index in [-0.39, 0.29) is 11.1 Å². The van der Waals surface area contributed by atoms with Crippen molar-refractivity contribution in [1.82, 2.24) is 0 Å². The summed E-state index contributed by atoms with van der Waals surface area (Å²) in [6.07, 6.45) is 0. The van der Waals surface area contributed by atoms with Gasteiger partial charge in [0.05, 0.1) is 5.57 Å². The van der Waals surface area contributed by atoms with E-state index in [0.29, 0.717) is 4.88 Å². The van der Waals surface area contributed by atoms with Gasteiger partial charge in [-0.05, 0) is 43.7 Å². The number of nitriles is 3. The average Bonchev–Trinajstić information content (AvgIpc) is 3.10. The van der Waals surface area contributed by atoms with Crippen LogP contribution in [0.3, 0.4) is 0 Å². The Bertz CT molecular complexity index is 850. The van der Waals surface area contributed by atoms with Gasteiger partial charge < -0.3 is 4.90 Å². The van der Waals surface area contributed by atoms with Crippen LogP contribution >= 0.6 is 11.3 Å². The molecule has 118 valence electrons. The molecule has 0 aliphatic heterocycles. The first-order valence-corrected chi connectivity index (χ1v) is 8.40. The lowest BCUT2D eigenvalue weighted by Gasteiger charge is -2.21. The second-order valence-electron chi connectivity index (χ2n) is 4.97. The second kappa shape index (κ2) is 7.97. The van der Waals surface area contributed by atoms with Crippen molar-refractivity contribution in [3.05, 3.63) is 46.8 Å². The van der Waals surface area contributed by atoms with Gasteiger partial charge in [0.15, 0.2) is 0 Å². The molecule has 2 aromatic rings. The van der Waals surface area contributed by atoms with Gasteiger partial charge in [0.1, 0.15) is 23.8 Å². The molecule has 0 aliphatic rings. The zero-order chi connectivity index (χ0) is 17.5. The molecule has 0 unspecified atom stereocenters. The smallest absolute Gasteiger partial charge is 0.148 e.